The maximum Gasteiger partial charge on any atom is 0.348 e. The summed E-state index contributed by atoms with van der Waals surface area (Å²) in [5.74, 6) is -0.176. The second kappa shape index (κ2) is 7.94. The lowest BCUT2D eigenvalue weighted by Crippen LogP contribution is -2.21. The molecule has 0 saturated heterocycles. The van der Waals surface area contributed by atoms with E-state index >= 15 is 0 Å². The van der Waals surface area contributed by atoms with Crippen molar-refractivity contribution in [3.63, 3.8) is 0 Å². The summed E-state index contributed by atoms with van der Waals surface area (Å²) in [6, 6.07) is 3.39. The lowest BCUT2D eigenvalue weighted by atomic mass is 9.90. The van der Waals surface area contributed by atoms with E-state index in [-0.39, 0.29) is 10.8 Å². The highest BCUT2D eigenvalue weighted by molar-refractivity contribution is 7.14. The summed E-state index contributed by atoms with van der Waals surface area (Å²) in [7, 11) is 0. The van der Waals surface area contributed by atoms with Gasteiger partial charge in [0.15, 0.2) is 12.4 Å². The number of halogens is 2. The Kier molecular flexibility index (Phi) is 5.85. The van der Waals surface area contributed by atoms with E-state index in [0.29, 0.717) is 21.5 Å². The van der Waals surface area contributed by atoms with Gasteiger partial charge in [-0.1, -0.05) is 30.1 Å². The smallest absolute Gasteiger partial charge is 0.348 e. The molecule has 1 amide bonds. The van der Waals surface area contributed by atoms with Crippen molar-refractivity contribution in [2.24, 2.45) is 5.92 Å². The number of rotatable bonds is 4. The molecule has 0 bridgehead atoms. The average molecular weight is 413 g/mol. The normalized spacial score (nSPS) is 16.1. The van der Waals surface area contributed by atoms with Gasteiger partial charge in [-0.05, 0) is 49.8 Å². The van der Waals surface area contributed by atoms with Crippen molar-refractivity contribution in [3.05, 3.63) is 43.2 Å². The minimum atomic E-state index is -0.510. The number of nitrogens with zero attached hydrogens (tertiary/aromatic N) is 1. The summed E-state index contributed by atoms with van der Waals surface area (Å²) in [6.07, 6.45) is 3.12. The quantitative estimate of drug-likeness (QED) is 0.740. The Morgan fingerprint density at radius 1 is 1.35 bits per heavy atom. The van der Waals surface area contributed by atoms with Crippen molar-refractivity contribution in [2.75, 3.05) is 11.9 Å². The van der Waals surface area contributed by atoms with E-state index in [4.69, 9.17) is 27.9 Å². The van der Waals surface area contributed by atoms with Gasteiger partial charge in [0, 0.05) is 4.88 Å². The molecule has 1 atom stereocenters. The third-order valence-electron chi connectivity index (χ3n) is 4.23. The van der Waals surface area contributed by atoms with Gasteiger partial charge in [0.25, 0.3) is 5.91 Å². The number of hydrogen-bond acceptors (Lipinski definition) is 5. The van der Waals surface area contributed by atoms with Crippen LogP contribution in [0.5, 0.6) is 0 Å². The summed E-state index contributed by atoms with van der Waals surface area (Å²) in [6.45, 7) is 3.51. The Hall–Kier alpha value is -1.63. The first kappa shape index (κ1) is 19.1. The number of amides is 1. The predicted octanol–water partition coefficient (Wildman–Crippen LogP) is 4.68. The van der Waals surface area contributed by atoms with E-state index in [2.05, 4.69) is 17.2 Å². The molecular weight excluding hydrogens is 395 g/mol. The largest absolute Gasteiger partial charge is 0.451 e. The lowest BCUT2D eigenvalue weighted by Gasteiger charge is -2.16. The molecule has 0 aliphatic heterocycles. The standard InChI is InChI=1S/C18H18Cl2N2O3S/c1-9-3-4-14-11(5-9)6-15(26-14)18(24)25-8-16(23)22-17-13(20)7-12(19)10(2)21-17/h6-7,9H,3-5,8H2,1-2H3,(H,21,22,23)/t9-/m1/s1. The van der Waals surface area contributed by atoms with Crippen LogP contribution in [0.4, 0.5) is 5.82 Å². The number of carbonyl (C=O) groups is 2. The van der Waals surface area contributed by atoms with Crippen LogP contribution in [-0.4, -0.2) is 23.5 Å². The van der Waals surface area contributed by atoms with Gasteiger partial charge in [-0.15, -0.1) is 11.3 Å². The maximum absolute atomic E-state index is 12.2. The fraction of sp³-hybridized carbons (Fsp3) is 0.389. The van der Waals surface area contributed by atoms with E-state index in [1.165, 1.54) is 27.8 Å². The maximum atomic E-state index is 12.2. The number of aromatic nitrogens is 1. The highest BCUT2D eigenvalue weighted by Gasteiger charge is 2.22. The average Bonchev–Trinajstić information content (AvgIpc) is 3.00. The molecule has 2 heterocycles. The molecular formula is C18H18Cl2N2O3S. The number of pyridine rings is 1. The summed E-state index contributed by atoms with van der Waals surface area (Å²) in [5, 5.41) is 3.16. The molecule has 0 aromatic carbocycles. The summed E-state index contributed by atoms with van der Waals surface area (Å²) < 4.78 is 5.12. The Labute approximate surface area is 165 Å². The molecule has 5 nitrogen and oxygen atoms in total. The number of carbonyl (C=O) groups excluding carboxylic acids is 2. The van der Waals surface area contributed by atoms with Crippen LogP contribution in [-0.2, 0) is 22.4 Å². The highest BCUT2D eigenvalue weighted by Crippen LogP contribution is 2.32. The number of aryl methyl sites for hydroxylation is 2. The number of fused-ring (bicyclic) bond motifs is 1. The zero-order valence-corrected chi connectivity index (χ0v) is 16.7. The molecule has 0 unspecified atom stereocenters. The molecule has 138 valence electrons. The molecule has 0 radical (unpaired) electrons. The third-order valence-corrected chi connectivity index (χ3v) is 6.12. The Morgan fingerprint density at radius 2 is 2.12 bits per heavy atom. The van der Waals surface area contributed by atoms with E-state index in [1.807, 2.05) is 6.07 Å². The first-order chi connectivity index (χ1) is 12.3. The van der Waals surface area contributed by atoms with Crippen molar-refractivity contribution in [3.8, 4) is 0 Å². The van der Waals surface area contributed by atoms with Crippen molar-refractivity contribution in [1.82, 2.24) is 4.98 Å². The van der Waals surface area contributed by atoms with E-state index in [1.54, 1.807) is 6.92 Å². The van der Waals surface area contributed by atoms with Crippen LogP contribution >= 0.6 is 34.5 Å². The van der Waals surface area contributed by atoms with Gasteiger partial charge in [-0.2, -0.15) is 0 Å². The molecule has 3 rings (SSSR count). The SMILES string of the molecule is Cc1nc(NC(=O)COC(=O)c2cc3c(s2)CC[C@@H](C)C3)c(Cl)cc1Cl. The van der Waals surface area contributed by atoms with Crippen molar-refractivity contribution in [2.45, 2.75) is 33.1 Å². The van der Waals surface area contributed by atoms with Crippen molar-refractivity contribution < 1.29 is 14.3 Å². The monoisotopic (exact) mass is 412 g/mol. The van der Waals surface area contributed by atoms with E-state index in [9.17, 15) is 9.59 Å². The van der Waals surface area contributed by atoms with Gasteiger partial charge in [0.1, 0.15) is 4.88 Å². The Balaban J connectivity index is 1.58. The molecule has 26 heavy (non-hydrogen) atoms. The number of hydrogen-bond donors (Lipinski definition) is 1. The molecule has 1 aliphatic carbocycles. The van der Waals surface area contributed by atoms with Crippen LogP contribution in [0.25, 0.3) is 0 Å². The topological polar surface area (TPSA) is 68.3 Å². The Morgan fingerprint density at radius 3 is 2.88 bits per heavy atom. The van der Waals surface area contributed by atoms with Crippen LogP contribution in [0.3, 0.4) is 0 Å². The van der Waals surface area contributed by atoms with Gasteiger partial charge in [0.05, 0.1) is 15.7 Å². The molecule has 1 aliphatic rings. The summed E-state index contributed by atoms with van der Waals surface area (Å²) in [4.78, 5) is 30.1. The highest BCUT2D eigenvalue weighted by atomic mass is 35.5. The molecule has 0 saturated carbocycles. The van der Waals surface area contributed by atoms with Crippen LogP contribution in [0.15, 0.2) is 12.1 Å². The van der Waals surface area contributed by atoms with Crippen LogP contribution in [0.1, 0.15) is 39.2 Å². The number of nitrogens with one attached hydrogen (secondary N) is 1. The fourth-order valence-corrected chi connectivity index (χ4v) is 4.33. The molecule has 2 aromatic rings. The number of ether oxygens (including phenoxy) is 1. The Bertz CT molecular complexity index is 866. The molecule has 0 spiro atoms. The van der Waals surface area contributed by atoms with Gasteiger partial charge < -0.3 is 10.1 Å². The van der Waals surface area contributed by atoms with Crippen molar-refractivity contribution >= 4 is 52.2 Å². The van der Waals surface area contributed by atoms with E-state index < -0.39 is 18.5 Å². The number of esters is 1. The molecule has 0 fully saturated rings. The zero-order valence-electron chi connectivity index (χ0n) is 14.4. The number of thiophene rings is 1. The number of anilines is 1. The van der Waals surface area contributed by atoms with Crippen LogP contribution < -0.4 is 5.32 Å². The third kappa shape index (κ3) is 4.37. The summed E-state index contributed by atoms with van der Waals surface area (Å²) in [5.41, 5.74) is 1.76. The molecule has 2 aromatic heterocycles. The molecule has 1 N–H and O–H groups in total. The first-order valence-electron chi connectivity index (χ1n) is 8.24. The fourth-order valence-electron chi connectivity index (χ4n) is 2.82. The van der Waals surface area contributed by atoms with Gasteiger partial charge >= 0.3 is 5.97 Å². The minimum Gasteiger partial charge on any atom is -0.451 e. The summed E-state index contributed by atoms with van der Waals surface area (Å²) >= 11 is 13.4. The predicted molar refractivity (Wildman–Crippen MR) is 103 cm³/mol. The van der Waals surface area contributed by atoms with Crippen LogP contribution in [0.2, 0.25) is 10.0 Å². The van der Waals surface area contributed by atoms with Crippen LogP contribution in [0, 0.1) is 12.8 Å². The van der Waals surface area contributed by atoms with E-state index in [0.717, 1.165) is 19.3 Å². The second-order valence-electron chi connectivity index (χ2n) is 6.42. The molecule has 8 heteroatoms. The van der Waals surface area contributed by atoms with Gasteiger partial charge in [0.2, 0.25) is 0 Å². The van der Waals surface area contributed by atoms with Gasteiger partial charge in [-0.25, -0.2) is 9.78 Å². The lowest BCUT2D eigenvalue weighted by molar-refractivity contribution is -0.119. The second-order valence-corrected chi connectivity index (χ2v) is 8.37. The first-order valence-corrected chi connectivity index (χ1v) is 9.82. The zero-order chi connectivity index (χ0) is 18.8. The van der Waals surface area contributed by atoms with Crippen molar-refractivity contribution in [1.29, 1.82) is 0 Å². The van der Waals surface area contributed by atoms with Gasteiger partial charge in [-0.3, -0.25) is 4.79 Å². The minimum absolute atomic E-state index is 0.190.